The Bertz CT molecular complexity index is 1010. The molecule has 6 heteroatoms. The summed E-state index contributed by atoms with van der Waals surface area (Å²) < 4.78 is 10.9. The van der Waals surface area contributed by atoms with Gasteiger partial charge in [0.2, 0.25) is 0 Å². The predicted octanol–water partition coefficient (Wildman–Crippen LogP) is 4.16. The highest BCUT2D eigenvalue weighted by atomic mass is 16.5. The molecule has 1 fully saturated rings. The van der Waals surface area contributed by atoms with E-state index in [4.69, 9.17) is 9.47 Å². The van der Waals surface area contributed by atoms with Gasteiger partial charge in [0.15, 0.2) is 0 Å². The number of hydrogen-bond donors (Lipinski definition) is 1. The molecule has 0 saturated carbocycles. The first-order valence-corrected chi connectivity index (χ1v) is 10.4. The number of aliphatic hydroxyl groups is 1. The Hall–Kier alpha value is -3.12. The maximum absolute atomic E-state index is 13.1. The number of nitrogens with zero attached hydrogens (tertiary/aromatic N) is 1. The summed E-state index contributed by atoms with van der Waals surface area (Å²) in [6.07, 6.45) is 0.00574. The Kier molecular flexibility index (Phi) is 6.81. The van der Waals surface area contributed by atoms with E-state index in [2.05, 4.69) is 0 Å². The number of aryl methyl sites for hydroxylation is 2. The molecule has 1 unspecified atom stereocenters. The van der Waals surface area contributed by atoms with Gasteiger partial charge >= 0.3 is 0 Å². The molecule has 1 saturated heterocycles. The molecule has 0 spiro atoms. The summed E-state index contributed by atoms with van der Waals surface area (Å²) in [5.74, 6) is -0.824. The van der Waals surface area contributed by atoms with E-state index in [0.717, 1.165) is 16.7 Å². The number of likely N-dealkylation sites (tertiary alicyclic amines) is 1. The number of hydrogen-bond acceptors (Lipinski definition) is 5. The summed E-state index contributed by atoms with van der Waals surface area (Å²) in [5.41, 5.74) is 3.14. The standard InChI is InChI=1S/C25H29NO5/c1-15(2)31-13-12-26-22(18-8-10-19(30-5)11-9-18)21(24(28)25(26)29)23(27)20-14-16(3)6-7-17(20)4/h6-11,14-15,22,27H,12-13H2,1-5H3/b23-21+. The molecule has 1 amide bonds. The molecule has 1 heterocycles. The van der Waals surface area contributed by atoms with Gasteiger partial charge in [-0.25, -0.2) is 0 Å². The Morgan fingerprint density at radius 1 is 1.10 bits per heavy atom. The van der Waals surface area contributed by atoms with E-state index in [9.17, 15) is 14.7 Å². The summed E-state index contributed by atoms with van der Waals surface area (Å²) in [6, 6.07) is 12.1. The first-order valence-electron chi connectivity index (χ1n) is 10.4. The van der Waals surface area contributed by atoms with Crippen molar-refractivity contribution < 1.29 is 24.2 Å². The van der Waals surface area contributed by atoms with Crippen LogP contribution in [0.4, 0.5) is 0 Å². The molecular weight excluding hydrogens is 394 g/mol. The van der Waals surface area contributed by atoms with Gasteiger partial charge in [0.25, 0.3) is 11.7 Å². The van der Waals surface area contributed by atoms with Crippen LogP contribution in [0.3, 0.4) is 0 Å². The number of aliphatic hydroxyl groups excluding tert-OH is 1. The van der Waals surface area contributed by atoms with E-state index in [1.54, 1.807) is 19.2 Å². The summed E-state index contributed by atoms with van der Waals surface area (Å²) in [5, 5.41) is 11.2. The number of ketones is 1. The number of rotatable bonds is 7. The lowest BCUT2D eigenvalue weighted by molar-refractivity contribution is -0.140. The van der Waals surface area contributed by atoms with Crippen LogP contribution in [-0.2, 0) is 14.3 Å². The third-order valence-corrected chi connectivity index (χ3v) is 5.40. The molecule has 6 nitrogen and oxygen atoms in total. The van der Waals surface area contributed by atoms with Gasteiger partial charge in [-0.3, -0.25) is 9.59 Å². The van der Waals surface area contributed by atoms with Crippen LogP contribution >= 0.6 is 0 Å². The quantitative estimate of drug-likeness (QED) is 0.411. The van der Waals surface area contributed by atoms with Crippen LogP contribution in [0.2, 0.25) is 0 Å². The third kappa shape index (κ3) is 4.64. The van der Waals surface area contributed by atoms with Crippen LogP contribution in [0.1, 0.15) is 42.1 Å². The van der Waals surface area contributed by atoms with Crippen LogP contribution in [0.25, 0.3) is 5.76 Å². The van der Waals surface area contributed by atoms with Gasteiger partial charge in [-0.15, -0.1) is 0 Å². The maximum atomic E-state index is 13.1. The van der Waals surface area contributed by atoms with E-state index in [-0.39, 0.29) is 24.0 Å². The third-order valence-electron chi connectivity index (χ3n) is 5.40. The molecule has 1 N–H and O–H groups in total. The Labute approximate surface area is 183 Å². The fourth-order valence-electron chi connectivity index (χ4n) is 3.77. The molecule has 2 aromatic rings. The first kappa shape index (κ1) is 22.6. The van der Waals surface area contributed by atoms with Gasteiger partial charge in [0.1, 0.15) is 11.5 Å². The largest absolute Gasteiger partial charge is 0.507 e. The van der Waals surface area contributed by atoms with Crippen LogP contribution in [0.15, 0.2) is 48.0 Å². The van der Waals surface area contributed by atoms with Crippen molar-refractivity contribution in [1.82, 2.24) is 4.90 Å². The molecule has 3 rings (SSSR count). The predicted molar refractivity (Wildman–Crippen MR) is 119 cm³/mol. The lowest BCUT2D eigenvalue weighted by atomic mass is 9.93. The molecule has 1 aliphatic rings. The van der Waals surface area contributed by atoms with Crippen LogP contribution < -0.4 is 4.74 Å². The van der Waals surface area contributed by atoms with E-state index < -0.39 is 17.7 Å². The average molecular weight is 424 g/mol. The number of amides is 1. The second kappa shape index (κ2) is 9.35. The minimum atomic E-state index is -0.707. The van der Waals surface area contributed by atoms with Crippen molar-refractivity contribution in [2.75, 3.05) is 20.3 Å². The molecule has 1 atom stereocenters. The molecule has 1 aliphatic heterocycles. The van der Waals surface area contributed by atoms with Crippen molar-refractivity contribution >= 4 is 17.4 Å². The number of ether oxygens (including phenoxy) is 2. The SMILES string of the molecule is COc1ccc(C2/C(=C(\O)c3cc(C)ccc3C)C(=O)C(=O)N2CCOC(C)C)cc1. The number of Topliss-reactive ketones (excluding diaryl/α,β-unsaturated/α-hetero) is 1. The monoisotopic (exact) mass is 423 g/mol. The molecule has 0 aliphatic carbocycles. The fraction of sp³-hybridized carbons (Fsp3) is 0.360. The molecular formula is C25H29NO5. The fourth-order valence-corrected chi connectivity index (χ4v) is 3.77. The number of methoxy groups -OCH3 is 1. The zero-order valence-electron chi connectivity index (χ0n) is 18.6. The second-order valence-electron chi connectivity index (χ2n) is 8.00. The highest BCUT2D eigenvalue weighted by Crippen LogP contribution is 2.40. The van der Waals surface area contributed by atoms with Crippen LogP contribution in [-0.4, -0.2) is 48.1 Å². The summed E-state index contributed by atoms with van der Waals surface area (Å²) >= 11 is 0. The Morgan fingerprint density at radius 3 is 2.39 bits per heavy atom. The lowest BCUT2D eigenvalue weighted by Gasteiger charge is -2.26. The average Bonchev–Trinajstić information content (AvgIpc) is 2.99. The van der Waals surface area contributed by atoms with Crippen molar-refractivity contribution in [1.29, 1.82) is 0 Å². The van der Waals surface area contributed by atoms with Gasteiger partial charge < -0.3 is 19.5 Å². The van der Waals surface area contributed by atoms with E-state index in [1.165, 1.54) is 4.90 Å². The van der Waals surface area contributed by atoms with E-state index in [0.29, 0.717) is 17.9 Å². The number of benzene rings is 2. The lowest BCUT2D eigenvalue weighted by Crippen LogP contribution is -2.33. The van der Waals surface area contributed by atoms with E-state index in [1.807, 2.05) is 58.0 Å². The van der Waals surface area contributed by atoms with Crippen molar-refractivity contribution in [2.45, 2.75) is 39.8 Å². The van der Waals surface area contributed by atoms with Gasteiger partial charge in [0.05, 0.1) is 31.4 Å². The summed E-state index contributed by atoms with van der Waals surface area (Å²) in [6.45, 7) is 8.14. The number of carbonyl (C=O) groups excluding carboxylic acids is 2. The normalized spacial score (nSPS) is 18.1. The molecule has 0 bridgehead atoms. The zero-order valence-corrected chi connectivity index (χ0v) is 18.6. The van der Waals surface area contributed by atoms with Crippen molar-refractivity contribution in [2.24, 2.45) is 0 Å². The highest BCUT2D eigenvalue weighted by Gasteiger charge is 2.46. The zero-order chi connectivity index (χ0) is 22.7. The highest BCUT2D eigenvalue weighted by molar-refractivity contribution is 6.46. The van der Waals surface area contributed by atoms with Gasteiger partial charge in [-0.05, 0) is 57.0 Å². The van der Waals surface area contributed by atoms with Crippen molar-refractivity contribution in [3.63, 3.8) is 0 Å². The Morgan fingerprint density at radius 2 is 1.77 bits per heavy atom. The smallest absolute Gasteiger partial charge is 0.295 e. The molecule has 31 heavy (non-hydrogen) atoms. The first-order chi connectivity index (χ1) is 14.7. The maximum Gasteiger partial charge on any atom is 0.295 e. The second-order valence-corrected chi connectivity index (χ2v) is 8.00. The van der Waals surface area contributed by atoms with Crippen molar-refractivity contribution in [3.05, 3.63) is 70.3 Å². The summed E-state index contributed by atoms with van der Waals surface area (Å²) in [4.78, 5) is 27.5. The minimum Gasteiger partial charge on any atom is -0.507 e. The number of carbonyl (C=O) groups is 2. The van der Waals surface area contributed by atoms with Gasteiger partial charge in [-0.1, -0.05) is 29.8 Å². The molecule has 2 aromatic carbocycles. The van der Waals surface area contributed by atoms with E-state index >= 15 is 0 Å². The topological polar surface area (TPSA) is 76.1 Å². The van der Waals surface area contributed by atoms with Crippen LogP contribution in [0, 0.1) is 13.8 Å². The summed E-state index contributed by atoms with van der Waals surface area (Å²) in [7, 11) is 1.57. The van der Waals surface area contributed by atoms with Gasteiger partial charge in [0, 0.05) is 12.1 Å². The molecule has 0 aromatic heterocycles. The molecule has 0 radical (unpaired) electrons. The van der Waals surface area contributed by atoms with Crippen LogP contribution in [0.5, 0.6) is 5.75 Å². The van der Waals surface area contributed by atoms with Crippen molar-refractivity contribution in [3.8, 4) is 5.75 Å². The Balaban J connectivity index is 2.13. The minimum absolute atomic E-state index is 0.00574. The molecule has 164 valence electrons. The van der Waals surface area contributed by atoms with Gasteiger partial charge in [-0.2, -0.15) is 0 Å².